The Balaban J connectivity index is 1.47. The molecule has 2 aliphatic rings. The number of carbonyl (C=O) groups excluding carboxylic acids is 2. The van der Waals surface area contributed by atoms with Crippen molar-refractivity contribution in [2.24, 2.45) is 0 Å². The van der Waals surface area contributed by atoms with E-state index in [0.717, 1.165) is 9.35 Å². The Labute approximate surface area is 189 Å². The van der Waals surface area contributed by atoms with Gasteiger partial charge >= 0.3 is 5.97 Å². The van der Waals surface area contributed by atoms with Crippen LogP contribution in [-0.4, -0.2) is 60.9 Å². The molecule has 1 saturated heterocycles. The Morgan fingerprint density at radius 2 is 2.07 bits per heavy atom. The van der Waals surface area contributed by atoms with E-state index < -0.39 is 29.2 Å². The van der Waals surface area contributed by atoms with Crippen LogP contribution in [0.4, 0.5) is 0 Å². The van der Waals surface area contributed by atoms with Crippen LogP contribution in [0.3, 0.4) is 0 Å². The van der Waals surface area contributed by atoms with Gasteiger partial charge in [-0.1, -0.05) is 34.7 Å². The lowest BCUT2D eigenvalue weighted by atomic mass is 10.0. The Morgan fingerprint density at radius 1 is 1.33 bits per heavy atom. The van der Waals surface area contributed by atoms with Crippen molar-refractivity contribution in [3.05, 3.63) is 51.1 Å². The predicted octanol–water partition coefficient (Wildman–Crippen LogP) is 2.64. The Morgan fingerprint density at radius 3 is 2.70 bits per heavy atom. The molecule has 2 amide bonds. The van der Waals surface area contributed by atoms with E-state index in [0.29, 0.717) is 27.7 Å². The van der Waals surface area contributed by atoms with Crippen molar-refractivity contribution in [1.29, 1.82) is 0 Å². The molecule has 2 aliphatic heterocycles. The van der Waals surface area contributed by atoms with Gasteiger partial charge in [0.15, 0.2) is 4.34 Å². The minimum absolute atomic E-state index is 0.00511. The van der Waals surface area contributed by atoms with E-state index in [1.807, 2.05) is 6.92 Å². The quantitative estimate of drug-likeness (QED) is 0.477. The number of hydrogen-bond acceptors (Lipinski definition) is 8. The number of halogens is 1. The Hall–Kier alpha value is -2.08. The first kappa shape index (κ1) is 21.2. The van der Waals surface area contributed by atoms with Crippen LogP contribution in [0.1, 0.15) is 15.4 Å². The van der Waals surface area contributed by atoms with Crippen LogP contribution in [0.25, 0.3) is 0 Å². The number of aliphatic carboxylic acids is 1. The molecule has 12 heteroatoms. The molecule has 2 atom stereocenters. The van der Waals surface area contributed by atoms with Crippen LogP contribution in [0.15, 0.2) is 39.9 Å². The van der Waals surface area contributed by atoms with Gasteiger partial charge in [0.1, 0.15) is 22.1 Å². The van der Waals surface area contributed by atoms with Crippen LogP contribution < -0.4 is 5.32 Å². The van der Waals surface area contributed by atoms with Crippen LogP contribution >= 0.6 is 46.5 Å². The van der Waals surface area contributed by atoms with E-state index in [9.17, 15) is 19.5 Å². The number of β-lactam (4-membered cyclic amide) rings is 1. The zero-order valence-corrected chi connectivity index (χ0v) is 18.7. The van der Waals surface area contributed by atoms with Crippen molar-refractivity contribution in [1.82, 2.24) is 20.4 Å². The molecule has 0 spiro atoms. The summed E-state index contributed by atoms with van der Waals surface area (Å²) in [5.74, 6) is -1.13. The highest BCUT2D eigenvalue weighted by Crippen LogP contribution is 2.41. The van der Waals surface area contributed by atoms with Gasteiger partial charge in [0.05, 0.1) is 0 Å². The zero-order valence-electron chi connectivity index (χ0n) is 15.5. The fraction of sp³-hybridized carbons (Fsp3) is 0.278. The van der Waals surface area contributed by atoms with Crippen molar-refractivity contribution >= 4 is 64.2 Å². The molecule has 0 unspecified atom stereocenters. The summed E-state index contributed by atoms with van der Waals surface area (Å²) in [6.45, 7) is 1.85. The predicted molar refractivity (Wildman–Crippen MR) is 116 cm³/mol. The highest BCUT2D eigenvalue weighted by molar-refractivity contribution is 8.01. The fourth-order valence-electron chi connectivity index (χ4n) is 3.11. The minimum Gasteiger partial charge on any atom is -0.477 e. The number of carboxylic acids is 1. The highest BCUT2D eigenvalue weighted by atomic mass is 35.5. The van der Waals surface area contributed by atoms with Gasteiger partial charge in [-0.25, -0.2) is 4.79 Å². The van der Waals surface area contributed by atoms with Gasteiger partial charge in [0, 0.05) is 22.1 Å². The molecule has 1 aromatic carbocycles. The van der Waals surface area contributed by atoms with Gasteiger partial charge < -0.3 is 10.4 Å². The number of aromatic nitrogens is 2. The van der Waals surface area contributed by atoms with Crippen LogP contribution in [0.5, 0.6) is 0 Å². The molecular formula is C18H15ClN4O4S3. The Kier molecular flexibility index (Phi) is 6.05. The average molecular weight is 483 g/mol. The van der Waals surface area contributed by atoms with E-state index >= 15 is 0 Å². The number of carbonyl (C=O) groups is 3. The second kappa shape index (κ2) is 8.58. The van der Waals surface area contributed by atoms with Gasteiger partial charge in [-0.3, -0.25) is 14.5 Å². The molecule has 2 N–H and O–H groups in total. The number of nitrogens with zero attached hydrogens (tertiary/aromatic N) is 3. The summed E-state index contributed by atoms with van der Waals surface area (Å²) in [4.78, 5) is 38.3. The molecule has 0 saturated carbocycles. The van der Waals surface area contributed by atoms with Gasteiger partial charge in [-0.05, 0) is 36.8 Å². The van der Waals surface area contributed by atoms with Gasteiger partial charge in [-0.15, -0.1) is 22.0 Å². The standard InChI is InChI=1S/C18H15ClN4O4S3/c1-8-21-22-18(30-8)29-7-10-6-28-16-12(15(25)23(16)13(10)17(26)27)20-14(24)9-2-4-11(19)5-3-9/h2-5,12,16H,6-7H2,1H3,(H,20,24)(H,26,27)/t12-,16-/m1/s1. The van der Waals surface area contributed by atoms with E-state index in [1.54, 1.807) is 24.3 Å². The topological polar surface area (TPSA) is 112 Å². The molecule has 0 aliphatic carbocycles. The molecule has 3 heterocycles. The first-order chi connectivity index (χ1) is 14.3. The van der Waals surface area contributed by atoms with Crippen molar-refractivity contribution in [2.45, 2.75) is 22.7 Å². The molecule has 1 aromatic heterocycles. The van der Waals surface area contributed by atoms with Crippen molar-refractivity contribution in [3.8, 4) is 0 Å². The first-order valence-electron chi connectivity index (χ1n) is 8.74. The van der Waals surface area contributed by atoms with Crippen molar-refractivity contribution in [3.63, 3.8) is 0 Å². The maximum atomic E-state index is 12.7. The number of amides is 2. The van der Waals surface area contributed by atoms with Gasteiger partial charge in [-0.2, -0.15) is 0 Å². The molecule has 2 aromatic rings. The number of thioether (sulfide) groups is 2. The molecule has 4 rings (SSSR count). The van der Waals surface area contributed by atoms with Crippen molar-refractivity contribution in [2.75, 3.05) is 11.5 Å². The molecule has 0 radical (unpaired) electrons. The normalized spacial score (nSPS) is 20.6. The van der Waals surface area contributed by atoms with Crippen LogP contribution in [0.2, 0.25) is 5.02 Å². The van der Waals surface area contributed by atoms with E-state index in [2.05, 4.69) is 15.5 Å². The second-order valence-corrected chi connectivity index (χ2v) is 10.4. The summed E-state index contributed by atoms with van der Waals surface area (Å²) in [5, 5.41) is 21.3. The molecule has 30 heavy (non-hydrogen) atoms. The zero-order chi connectivity index (χ0) is 21.4. The molecule has 1 fully saturated rings. The summed E-state index contributed by atoms with van der Waals surface area (Å²) in [5.41, 5.74) is 1.02. The number of hydrogen-bond donors (Lipinski definition) is 2. The number of aryl methyl sites for hydroxylation is 1. The third kappa shape index (κ3) is 4.07. The highest BCUT2D eigenvalue weighted by Gasteiger charge is 2.54. The Bertz CT molecular complexity index is 1060. The van der Waals surface area contributed by atoms with Crippen molar-refractivity contribution < 1.29 is 19.5 Å². The number of fused-ring (bicyclic) bond motifs is 1. The molecular weight excluding hydrogens is 468 g/mol. The molecule has 0 bridgehead atoms. The minimum atomic E-state index is -1.15. The largest absolute Gasteiger partial charge is 0.477 e. The molecule has 156 valence electrons. The summed E-state index contributed by atoms with van der Waals surface area (Å²) < 4.78 is 0.750. The number of carboxylic acid groups (broad SMARTS) is 1. The third-order valence-electron chi connectivity index (χ3n) is 4.52. The van der Waals surface area contributed by atoms with Crippen LogP contribution in [-0.2, 0) is 9.59 Å². The summed E-state index contributed by atoms with van der Waals surface area (Å²) in [6, 6.07) is 5.55. The lowest BCUT2D eigenvalue weighted by Gasteiger charge is -2.49. The summed E-state index contributed by atoms with van der Waals surface area (Å²) in [6.07, 6.45) is 0. The number of nitrogens with one attached hydrogen (secondary N) is 1. The summed E-state index contributed by atoms with van der Waals surface area (Å²) >= 11 is 10.1. The lowest BCUT2D eigenvalue weighted by molar-refractivity contribution is -0.148. The summed E-state index contributed by atoms with van der Waals surface area (Å²) in [7, 11) is 0. The lowest BCUT2D eigenvalue weighted by Crippen LogP contribution is -2.70. The monoisotopic (exact) mass is 482 g/mol. The van der Waals surface area contributed by atoms with E-state index in [1.165, 1.54) is 39.8 Å². The third-order valence-corrected chi connectivity index (χ3v) is 8.17. The maximum absolute atomic E-state index is 12.7. The average Bonchev–Trinajstić information content (AvgIpc) is 3.15. The van der Waals surface area contributed by atoms with E-state index in [-0.39, 0.29) is 5.70 Å². The maximum Gasteiger partial charge on any atom is 0.352 e. The van der Waals surface area contributed by atoms with E-state index in [4.69, 9.17) is 11.6 Å². The fourth-order valence-corrected chi connectivity index (χ4v) is 6.53. The molecule has 8 nitrogen and oxygen atoms in total. The SMILES string of the molecule is Cc1nnc(SCC2=C(C(=O)O)N3C(=O)[C@@H](NC(=O)c4ccc(Cl)cc4)[C@H]3SC2)s1. The second-order valence-electron chi connectivity index (χ2n) is 6.50. The number of rotatable bonds is 6. The number of benzene rings is 1. The first-order valence-corrected chi connectivity index (χ1v) is 12.0. The van der Waals surface area contributed by atoms with Gasteiger partial charge in [0.2, 0.25) is 0 Å². The smallest absolute Gasteiger partial charge is 0.352 e. The van der Waals surface area contributed by atoms with Crippen LogP contribution in [0, 0.1) is 6.92 Å². The van der Waals surface area contributed by atoms with Gasteiger partial charge in [0.25, 0.3) is 11.8 Å².